The van der Waals surface area contributed by atoms with Crippen molar-refractivity contribution >= 4 is 5.78 Å². The van der Waals surface area contributed by atoms with Crippen LogP contribution < -0.4 is 5.73 Å². The Balaban J connectivity index is 2.07. The molecule has 1 aliphatic rings. The van der Waals surface area contributed by atoms with Crippen LogP contribution in [0.2, 0.25) is 0 Å². The van der Waals surface area contributed by atoms with E-state index in [2.05, 4.69) is 12.0 Å². The zero-order chi connectivity index (χ0) is 13.8. The number of nitrogens with two attached hydrogens (primary N) is 1. The Morgan fingerprint density at radius 1 is 1.47 bits per heavy atom. The lowest BCUT2D eigenvalue weighted by atomic mass is 9.76. The third-order valence-electron chi connectivity index (χ3n) is 4.27. The van der Waals surface area contributed by atoms with Crippen LogP contribution in [-0.2, 0) is 17.8 Å². The van der Waals surface area contributed by atoms with Gasteiger partial charge in [0.2, 0.25) is 0 Å². The van der Waals surface area contributed by atoms with Crippen molar-refractivity contribution in [1.82, 2.24) is 9.78 Å². The van der Waals surface area contributed by atoms with E-state index in [1.807, 2.05) is 17.7 Å². The number of aryl methyl sites for hydroxylation is 2. The molecule has 0 bridgehead atoms. The molecule has 0 aliphatic heterocycles. The van der Waals surface area contributed by atoms with Crippen molar-refractivity contribution in [2.45, 2.75) is 52.5 Å². The number of carbonyl (C=O) groups is 1. The first-order valence-corrected chi connectivity index (χ1v) is 7.41. The van der Waals surface area contributed by atoms with E-state index in [0.29, 0.717) is 24.7 Å². The summed E-state index contributed by atoms with van der Waals surface area (Å²) in [5, 5.41) is 4.41. The van der Waals surface area contributed by atoms with Crippen molar-refractivity contribution in [3.8, 4) is 0 Å². The summed E-state index contributed by atoms with van der Waals surface area (Å²) >= 11 is 0. The molecule has 2 atom stereocenters. The molecule has 1 aromatic heterocycles. The van der Waals surface area contributed by atoms with E-state index in [4.69, 9.17) is 5.73 Å². The number of hydrogen-bond acceptors (Lipinski definition) is 3. The van der Waals surface area contributed by atoms with Crippen molar-refractivity contribution in [1.29, 1.82) is 0 Å². The van der Waals surface area contributed by atoms with Crippen molar-refractivity contribution in [2.75, 3.05) is 6.54 Å². The molecule has 1 saturated carbocycles. The minimum Gasteiger partial charge on any atom is -0.330 e. The molecule has 1 aliphatic carbocycles. The van der Waals surface area contributed by atoms with Crippen molar-refractivity contribution in [2.24, 2.45) is 17.6 Å². The van der Waals surface area contributed by atoms with Gasteiger partial charge in [0.15, 0.2) is 0 Å². The maximum Gasteiger partial charge on any atom is 0.142 e. The third kappa shape index (κ3) is 3.24. The fourth-order valence-electron chi connectivity index (χ4n) is 3.24. The number of hydrogen-bond donors (Lipinski definition) is 1. The van der Waals surface area contributed by atoms with Gasteiger partial charge in [-0.15, -0.1) is 0 Å². The molecule has 19 heavy (non-hydrogen) atoms. The number of aromatic nitrogens is 2. The quantitative estimate of drug-likeness (QED) is 0.885. The fourth-order valence-corrected chi connectivity index (χ4v) is 3.24. The number of ketones is 1. The first-order chi connectivity index (χ1) is 9.15. The van der Waals surface area contributed by atoms with Crippen LogP contribution in [0.15, 0.2) is 6.07 Å². The second-order valence-corrected chi connectivity index (χ2v) is 5.62. The second kappa shape index (κ2) is 6.33. The van der Waals surface area contributed by atoms with Crippen molar-refractivity contribution < 1.29 is 4.79 Å². The van der Waals surface area contributed by atoms with Gasteiger partial charge in [-0.3, -0.25) is 9.48 Å². The normalized spacial score (nSPS) is 23.5. The number of Topliss-reactive ketones (excluding diaryl/α,β-unsaturated/α-hetero) is 1. The molecule has 0 radical (unpaired) electrons. The van der Waals surface area contributed by atoms with Gasteiger partial charge in [0.25, 0.3) is 0 Å². The molecule has 0 amide bonds. The van der Waals surface area contributed by atoms with Crippen LogP contribution in [0.4, 0.5) is 0 Å². The summed E-state index contributed by atoms with van der Waals surface area (Å²) in [5.41, 5.74) is 7.85. The topological polar surface area (TPSA) is 60.9 Å². The van der Waals surface area contributed by atoms with Crippen LogP contribution in [0.25, 0.3) is 0 Å². The van der Waals surface area contributed by atoms with Gasteiger partial charge in [0, 0.05) is 24.6 Å². The van der Waals surface area contributed by atoms with E-state index < -0.39 is 0 Å². The average molecular weight is 263 g/mol. The number of rotatable bonds is 5. The predicted molar refractivity (Wildman–Crippen MR) is 75.9 cm³/mol. The maximum absolute atomic E-state index is 12.5. The Hall–Kier alpha value is -1.16. The predicted octanol–water partition coefficient (Wildman–Crippen LogP) is 2.09. The molecule has 0 aromatic carbocycles. The average Bonchev–Trinajstić information content (AvgIpc) is 2.78. The van der Waals surface area contributed by atoms with Crippen LogP contribution >= 0.6 is 0 Å². The highest BCUT2D eigenvalue weighted by atomic mass is 16.1. The summed E-state index contributed by atoms with van der Waals surface area (Å²) in [6, 6.07) is 2.03. The second-order valence-electron chi connectivity index (χ2n) is 5.62. The Morgan fingerprint density at radius 3 is 2.89 bits per heavy atom. The SMILES string of the molecule is CCn1nc(C)cc1CC(=O)C1CCCCC1CN. The summed E-state index contributed by atoms with van der Waals surface area (Å²) in [4.78, 5) is 12.5. The lowest BCUT2D eigenvalue weighted by Gasteiger charge is -2.29. The largest absolute Gasteiger partial charge is 0.330 e. The summed E-state index contributed by atoms with van der Waals surface area (Å²) in [5.74, 6) is 0.907. The van der Waals surface area contributed by atoms with Crippen LogP contribution in [-0.4, -0.2) is 22.1 Å². The number of nitrogens with zero attached hydrogens (tertiary/aromatic N) is 2. The smallest absolute Gasteiger partial charge is 0.142 e. The summed E-state index contributed by atoms with van der Waals surface area (Å²) in [7, 11) is 0. The lowest BCUT2D eigenvalue weighted by Crippen LogP contribution is -2.33. The summed E-state index contributed by atoms with van der Waals surface area (Å²) in [6.45, 7) is 5.50. The zero-order valence-electron chi connectivity index (χ0n) is 12.1. The molecule has 1 heterocycles. The van der Waals surface area contributed by atoms with Gasteiger partial charge in [-0.05, 0) is 45.2 Å². The molecule has 0 spiro atoms. The molecular weight excluding hydrogens is 238 g/mol. The molecule has 4 nitrogen and oxygen atoms in total. The summed E-state index contributed by atoms with van der Waals surface area (Å²) < 4.78 is 1.94. The van der Waals surface area contributed by atoms with Crippen LogP contribution in [0.1, 0.15) is 44.0 Å². The van der Waals surface area contributed by atoms with Crippen LogP contribution in [0.5, 0.6) is 0 Å². The van der Waals surface area contributed by atoms with Crippen molar-refractivity contribution in [3.63, 3.8) is 0 Å². The minimum absolute atomic E-state index is 0.166. The standard InChI is InChI=1S/C15H25N3O/c1-3-18-13(8-11(2)17-18)9-15(19)14-7-5-4-6-12(14)10-16/h8,12,14H,3-7,9-10,16H2,1-2H3. The van der Waals surface area contributed by atoms with Crippen molar-refractivity contribution in [3.05, 3.63) is 17.5 Å². The Morgan fingerprint density at radius 2 is 2.21 bits per heavy atom. The molecule has 1 fully saturated rings. The van der Waals surface area contributed by atoms with Crippen LogP contribution in [0, 0.1) is 18.8 Å². The molecule has 2 rings (SSSR count). The molecule has 1 aromatic rings. The van der Waals surface area contributed by atoms with E-state index >= 15 is 0 Å². The first-order valence-electron chi connectivity index (χ1n) is 7.41. The van der Waals surface area contributed by atoms with Gasteiger partial charge in [-0.1, -0.05) is 12.8 Å². The Labute approximate surface area is 115 Å². The highest BCUT2D eigenvalue weighted by Gasteiger charge is 2.30. The fraction of sp³-hybridized carbons (Fsp3) is 0.733. The molecular formula is C15H25N3O. The van der Waals surface area contributed by atoms with Gasteiger partial charge in [-0.2, -0.15) is 5.10 Å². The highest BCUT2D eigenvalue weighted by Crippen LogP contribution is 2.30. The lowest BCUT2D eigenvalue weighted by molar-refractivity contribution is -0.124. The maximum atomic E-state index is 12.5. The van der Waals surface area contributed by atoms with Gasteiger partial charge >= 0.3 is 0 Å². The molecule has 0 saturated heterocycles. The third-order valence-corrected chi connectivity index (χ3v) is 4.27. The number of carbonyl (C=O) groups excluding carboxylic acids is 1. The van der Waals surface area contributed by atoms with E-state index in [-0.39, 0.29) is 5.92 Å². The van der Waals surface area contributed by atoms with E-state index in [1.165, 1.54) is 12.8 Å². The van der Waals surface area contributed by atoms with Gasteiger partial charge in [0.05, 0.1) is 5.69 Å². The van der Waals surface area contributed by atoms with E-state index in [9.17, 15) is 4.79 Å². The minimum atomic E-state index is 0.166. The van der Waals surface area contributed by atoms with Gasteiger partial charge < -0.3 is 5.73 Å². The molecule has 2 N–H and O–H groups in total. The molecule has 4 heteroatoms. The van der Waals surface area contributed by atoms with Gasteiger partial charge in [0.1, 0.15) is 5.78 Å². The molecule has 106 valence electrons. The summed E-state index contributed by atoms with van der Waals surface area (Å²) in [6.07, 6.45) is 5.02. The van der Waals surface area contributed by atoms with Crippen LogP contribution in [0.3, 0.4) is 0 Å². The Kier molecular flexibility index (Phi) is 4.75. The molecule has 2 unspecified atom stereocenters. The Bertz CT molecular complexity index is 439. The monoisotopic (exact) mass is 263 g/mol. The van der Waals surface area contributed by atoms with Gasteiger partial charge in [-0.25, -0.2) is 0 Å². The van der Waals surface area contributed by atoms with E-state index in [0.717, 1.165) is 30.8 Å². The van der Waals surface area contributed by atoms with E-state index in [1.54, 1.807) is 0 Å². The highest BCUT2D eigenvalue weighted by molar-refractivity contribution is 5.83. The first kappa shape index (κ1) is 14.3. The zero-order valence-corrected chi connectivity index (χ0v) is 12.1.